The highest BCUT2D eigenvalue weighted by molar-refractivity contribution is 7.91. The van der Waals surface area contributed by atoms with Crippen molar-refractivity contribution in [3.8, 4) is 11.4 Å². The number of nitrogens with zero attached hydrogens (tertiary/aromatic N) is 5. The van der Waals surface area contributed by atoms with E-state index < -0.39 is 9.84 Å². The molecular formula is C27H33N7O4S. The number of aromatic nitrogens is 3. The fraction of sp³-hybridized carbons (Fsp3) is 0.407. The van der Waals surface area contributed by atoms with E-state index in [2.05, 4.69) is 37.3 Å². The molecule has 0 unspecified atom stereocenters. The first-order valence-corrected chi connectivity index (χ1v) is 14.9. The van der Waals surface area contributed by atoms with E-state index in [4.69, 9.17) is 0 Å². The molecule has 2 amide bonds. The zero-order chi connectivity index (χ0) is 27.4. The van der Waals surface area contributed by atoms with Crippen molar-refractivity contribution in [3.63, 3.8) is 0 Å². The summed E-state index contributed by atoms with van der Waals surface area (Å²) in [4.78, 5) is 36.1. The van der Waals surface area contributed by atoms with Crippen LogP contribution in [0.3, 0.4) is 0 Å². The van der Waals surface area contributed by atoms with Gasteiger partial charge in [-0.05, 0) is 49.0 Å². The van der Waals surface area contributed by atoms with Crippen molar-refractivity contribution in [2.24, 2.45) is 0 Å². The van der Waals surface area contributed by atoms with Gasteiger partial charge in [0.15, 0.2) is 15.7 Å². The maximum absolute atomic E-state index is 12.9. The van der Waals surface area contributed by atoms with Gasteiger partial charge in [-0.25, -0.2) is 13.4 Å². The smallest absolute Gasteiger partial charge is 0.255 e. The molecular weight excluding hydrogens is 518 g/mol. The second-order valence-corrected chi connectivity index (χ2v) is 12.4. The van der Waals surface area contributed by atoms with E-state index in [1.54, 1.807) is 18.2 Å². The van der Waals surface area contributed by atoms with Crippen LogP contribution in [0.5, 0.6) is 0 Å². The minimum Gasteiger partial charge on any atom is -0.340 e. The molecule has 39 heavy (non-hydrogen) atoms. The first kappa shape index (κ1) is 27.0. The van der Waals surface area contributed by atoms with Crippen LogP contribution in [0, 0.1) is 0 Å². The van der Waals surface area contributed by atoms with Crippen molar-refractivity contribution in [3.05, 3.63) is 65.5 Å². The topological polar surface area (TPSA) is 132 Å². The highest BCUT2D eigenvalue weighted by Crippen LogP contribution is 2.19. The molecule has 3 aromatic rings. The Balaban J connectivity index is 1.15. The SMILES string of the molecule is CN1CCN(C(=O)Cc2nc(-c3ccc(NC(=O)c4cccc(CN5CCS(=O)(=O)CC5)c4)cc3)n[nH]2)CC1. The number of anilines is 1. The van der Waals surface area contributed by atoms with Crippen molar-refractivity contribution in [2.45, 2.75) is 13.0 Å². The molecule has 0 radical (unpaired) electrons. The van der Waals surface area contributed by atoms with Crippen LogP contribution in [0.1, 0.15) is 21.7 Å². The normalized spacial score (nSPS) is 18.1. The van der Waals surface area contributed by atoms with Gasteiger partial charge in [-0.2, -0.15) is 5.10 Å². The van der Waals surface area contributed by atoms with Crippen molar-refractivity contribution < 1.29 is 18.0 Å². The number of nitrogens with one attached hydrogen (secondary N) is 2. The van der Waals surface area contributed by atoms with E-state index in [-0.39, 0.29) is 29.7 Å². The van der Waals surface area contributed by atoms with Crippen LogP contribution in [0.25, 0.3) is 11.4 Å². The molecule has 12 heteroatoms. The Labute approximate surface area is 228 Å². The second-order valence-electron chi connectivity index (χ2n) is 10.1. The summed E-state index contributed by atoms with van der Waals surface area (Å²) >= 11 is 0. The molecule has 0 atom stereocenters. The minimum absolute atomic E-state index is 0.0387. The Kier molecular flexibility index (Phi) is 8.05. The second kappa shape index (κ2) is 11.6. The zero-order valence-corrected chi connectivity index (χ0v) is 22.8. The van der Waals surface area contributed by atoms with Gasteiger partial charge < -0.3 is 15.1 Å². The summed E-state index contributed by atoms with van der Waals surface area (Å²) in [6.07, 6.45) is 0.181. The van der Waals surface area contributed by atoms with E-state index in [0.717, 1.165) is 37.3 Å². The Morgan fingerprint density at radius 3 is 2.41 bits per heavy atom. The molecule has 2 aliphatic rings. The van der Waals surface area contributed by atoms with Gasteiger partial charge in [0.1, 0.15) is 5.82 Å². The number of likely N-dealkylation sites (N-methyl/N-ethyl adjacent to an activating group) is 1. The number of carbonyl (C=O) groups excluding carboxylic acids is 2. The van der Waals surface area contributed by atoms with E-state index in [1.165, 1.54) is 0 Å². The lowest BCUT2D eigenvalue weighted by molar-refractivity contribution is -0.132. The Bertz CT molecular complexity index is 1420. The highest BCUT2D eigenvalue weighted by atomic mass is 32.2. The summed E-state index contributed by atoms with van der Waals surface area (Å²) in [7, 11) is -0.876. The maximum Gasteiger partial charge on any atom is 0.255 e. The molecule has 2 aliphatic heterocycles. The van der Waals surface area contributed by atoms with E-state index >= 15 is 0 Å². The molecule has 206 valence electrons. The van der Waals surface area contributed by atoms with Crippen LogP contribution in [0.2, 0.25) is 0 Å². The average molecular weight is 552 g/mol. The largest absolute Gasteiger partial charge is 0.340 e. The molecule has 2 saturated heterocycles. The number of amides is 2. The number of hydrogen-bond donors (Lipinski definition) is 2. The number of H-pyrrole nitrogens is 1. The van der Waals surface area contributed by atoms with E-state index in [1.807, 2.05) is 35.2 Å². The number of piperazine rings is 1. The lowest BCUT2D eigenvalue weighted by Gasteiger charge is -2.32. The van der Waals surface area contributed by atoms with Gasteiger partial charge in [0.25, 0.3) is 5.91 Å². The van der Waals surface area contributed by atoms with Crippen LogP contribution in [0.4, 0.5) is 5.69 Å². The number of carbonyl (C=O) groups is 2. The van der Waals surface area contributed by atoms with E-state index in [9.17, 15) is 18.0 Å². The van der Waals surface area contributed by atoms with Gasteiger partial charge in [0.05, 0.1) is 17.9 Å². The van der Waals surface area contributed by atoms with Crippen LogP contribution in [-0.2, 0) is 27.6 Å². The molecule has 1 aromatic heterocycles. The molecule has 11 nitrogen and oxygen atoms in total. The molecule has 5 rings (SSSR count). The van der Waals surface area contributed by atoms with Gasteiger partial charge in [-0.1, -0.05) is 12.1 Å². The number of aromatic amines is 1. The minimum atomic E-state index is -2.93. The Morgan fingerprint density at radius 1 is 0.974 bits per heavy atom. The molecule has 0 spiro atoms. The summed E-state index contributed by atoms with van der Waals surface area (Å²) < 4.78 is 23.3. The predicted octanol–water partition coefficient (Wildman–Crippen LogP) is 1.27. The quantitative estimate of drug-likeness (QED) is 0.449. The van der Waals surface area contributed by atoms with Crippen LogP contribution in [0.15, 0.2) is 48.5 Å². The van der Waals surface area contributed by atoms with Crippen molar-refractivity contribution >= 4 is 27.3 Å². The Morgan fingerprint density at radius 2 is 1.69 bits per heavy atom. The highest BCUT2D eigenvalue weighted by Gasteiger charge is 2.22. The lowest BCUT2D eigenvalue weighted by Crippen LogP contribution is -2.47. The molecule has 2 N–H and O–H groups in total. The number of sulfone groups is 1. The van der Waals surface area contributed by atoms with Crippen LogP contribution in [-0.4, -0.2) is 108 Å². The first-order valence-electron chi connectivity index (χ1n) is 13.1. The molecule has 0 bridgehead atoms. The summed E-state index contributed by atoms with van der Waals surface area (Å²) in [5.41, 5.74) is 2.90. The van der Waals surface area contributed by atoms with Crippen LogP contribution < -0.4 is 5.32 Å². The molecule has 0 saturated carbocycles. The third-order valence-electron chi connectivity index (χ3n) is 7.14. The standard InChI is InChI=1S/C27H33N7O4S/c1-32-9-11-34(12-10-32)25(35)18-24-29-26(31-30-24)21-5-7-23(8-6-21)28-27(36)22-4-2-3-20(17-22)19-33-13-15-39(37,38)16-14-33/h2-8,17H,9-16,18-19H2,1H3,(H,28,36)(H,29,30,31). The van der Waals surface area contributed by atoms with Gasteiger partial charge in [0, 0.05) is 62.6 Å². The summed E-state index contributed by atoms with van der Waals surface area (Å²) in [6.45, 7) is 4.79. The average Bonchev–Trinajstić information content (AvgIpc) is 3.39. The zero-order valence-electron chi connectivity index (χ0n) is 22.0. The monoisotopic (exact) mass is 551 g/mol. The number of rotatable bonds is 7. The summed E-state index contributed by atoms with van der Waals surface area (Å²) in [5.74, 6) is 1.18. The lowest BCUT2D eigenvalue weighted by atomic mass is 10.1. The summed E-state index contributed by atoms with van der Waals surface area (Å²) in [6, 6.07) is 14.6. The molecule has 3 heterocycles. The van der Waals surface area contributed by atoms with Crippen molar-refractivity contribution in [1.82, 2.24) is 29.9 Å². The third-order valence-corrected chi connectivity index (χ3v) is 8.75. The number of hydrogen-bond acceptors (Lipinski definition) is 8. The van der Waals surface area contributed by atoms with Gasteiger partial charge in [-0.15, -0.1) is 0 Å². The molecule has 0 aliphatic carbocycles. The van der Waals surface area contributed by atoms with Crippen molar-refractivity contribution in [2.75, 3.05) is 63.1 Å². The Hall–Kier alpha value is -3.61. The van der Waals surface area contributed by atoms with Crippen molar-refractivity contribution in [1.29, 1.82) is 0 Å². The van der Waals surface area contributed by atoms with Crippen LogP contribution >= 0.6 is 0 Å². The fourth-order valence-electron chi connectivity index (χ4n) is 4.70. The third kappa shape index (κ3) is 7.08. The molecule has 2 fully saturated rings. The van der Waals surface area contributed by atoms with Gasteiger partial charge in [0.2, 0.25) is 5.91 Å². The number of benzene rings is 2. The summed E-state index contributed by atoms with van der Waals surface area (Å²) in [5, 5.41) is 10.0. The van der Waals surface area contributed by atoms with Gasteiger partial charge in [-0.3, -0.25) is 19.6 Å². The van der Waals surface area contributed by atoms with E-state index in [0.29, 0.717) is 42.5 Å². The van der Waals surface area contributed by atoms with Gasteiger partial charge >= 0.3 is 0 Å². The molecule has 2 aromatic carbocycles. The first-order chi connectivity index (χ1) is 18.7. The fourth-order valence-corrected chi connectivity index (χ4v) is 5.97. The maximum atomic E-state index is 12.9. The predicted molar refractivity (Wildman–Crippen MR) is 148 cm³/mol.